The molecular weight excluding hydrogens is 238 g/mol. The van der Waals surface area contributed by atoms with Gasteiger partial charge in [0.2, 0.25) is 5.91 Å². The summed E-state index contributed by atoms with van der Waals surface area (Å²) < 4.78 is 5.39. The summed E-state index contributed by atoms with van der Waals surface area (Å²) in [4.78, 5) is 13.4. The van der Waals surface area contributed by atoms with Crippen LogP contribution in [0.5, 0.6) is 5.75 Å². The molecule has 1 heterocycles. The first kappa shape index (κ1) is 13.7. The molecule has 1 aromatic carbocycles. The molecule has 0 radical (unpaired) electrons. The summed E-state index contributed by atoms with van der Waals surface area (Å²) >= 11 is 0. The Balaban J connectivity index is 1.92. The van der Waals surface area contributed by atoms with Gasteiger partial charge >= 0.3 is 0 Å². The van der Waals surface area contributed by atoms with Crippen molar-refractivity contribution in [2.24, 2.45) is 5.92 Å². The number of rotatable bonds is 4. The molecule has 1 saturated heterocycles. The number of likely N-dealkylation sites (tertiary alicyclic amines) is 1. The number of nitrogens with zero attached hydrogens (tertiary/aromatic N) is 1. The van der Waals surface area contributed by atoms with Crippen LogP contribution < -0.4 is 4.74 Å². The van der Waals surface area contributed by atoms with Crippen LogP contribution in [0.25, 0.3) is 0 Å². The van der Waals surface area contributed by atoms with Crippen molar-refractivity contribution in [2.75, 3.05) is 20.2 Å². The Morgan fingerprint density at radius 2 is 2.11 bits per heavy atom. The first-order valence-electron chi connectivity index (χ1n) is 6.78. The van der Waals surface area contributed by atoms with E-state index in [2.05, 4.69) is 12.6 Å². The summed E-state index contributed by atoms with van der Waals surface area (Å²) in [5.74, 6) is 1.65. The summed E-state index contributed by atoms with van der Waals surface area (Å²) in [6, 6.07) is 8.17. The van der Waals surface area contributed by atoms with Gasteiger partial charge in [-0.15, -0.1) is 0 Å². The molecule has 0 N–H and O–H groups in total. The zero-order valence-corrected chi connectivity index (χ0v) is 11.5. The van der Waals surface area contributed by atoms with E-state index in [4.69, 9.17) is 4.74 Å². The normalized spacial score (nSPS) is 16.2. The van der Waals surface area contributed by atoms with E-state index in [0.29, 0.717) is 5.92 Å². The van der Waals surface area contributed by atoms with Gasteiger partial charge in [0.05, 0.1) is 7.11 Å². The van der Waals surface area contributed by atoms with Crippen LogP contribution in [0.15, 0.2) is 36.9 Å². The first-order valence-corrected chi connectivity index (χ1v) is 6.78. The van der Waals surface area contributed by atoms with E-state index in [0.717, 1.165) is 38.1 Å². The number of carbonyl (C=O) groups excluding carboxylic acids is 1. The molecule has 1 aliphatic heterocycles. The number of carbonyl (C=O) groups is 1. The molecule has 1 fully saturated rings. The Labute approximate surface area is 114 Å². The molecule has 1 aromatic rings. The van der Waals surface area contributed by atoms with Gasteiger partial charge in [0, 0.05) is 13.1 Å². The van der Waals surface area contributed by atoms with E-state index in [1.54, 1.807) is 7.11 Å². The van der Waals surface area contributed by atoms with E-state index >= 15 is 0 Å². The van der Waals surface area contributed by atoms with Gasteiger partial charge in [0.25, 0.3) is 0 Å². The molecular formula is C16H21NO2. The topological polar surface area (TPSA) is 29.5 Å². The van der Waals surface area contributed by atoms with Crippen LogP contribution in [0.4, 0.5) is 0 Å². The Morgan fingerprint density at radius 3 is 2.74 bits per heavy atom. The second kappa shape index (κ2) is 6.41. The van der Waals surface area contributed by atoms with E-state index in [9.17, 15) is 4.79 Å². The van der Waals surface area contributed by atoms with E-state index in [1.165, 1.54) is 11.6 Å². The SMILES string of the molecule is C=CC(=O)N1CCC(Cc2ccccc2OC)CC1. The lowest BCUT2D eigenvalue weighted by Crippen LogP contribution is -2.37. The van der Waals surface area contributed by atoms with Crippen molar-refractivity contribution in [1.82, 2.24) is 4.90 Å². The van der Waals surface area contributed by atoms with Crippen LogP contribution in [0.1, 0.15) is 18.4 Å². The third-order valence-electron chi connectivity index (χ3n) is 3.80. The lowest BCUT2D eigenvalue weighted by Gasteiger charge is -2.31. The minimum absolute atomic E-state index is 0.0516. The summed E-state index contributed by atoms with van der Waals surface area (Å²) in [7, 11) is 1.71. The molecule has 3 heteroatoms. The predicted molar refractivity (Wildman–Crippen MR) is 76.2 cm³/mol. The number of ether oxygens (including phenoxy) is 1. The maximum absolute atomic E-state index is 11.5. The standard InChI is InChI=1S/C16H21NO2/c1-3-16(18)17-10-8-13(9-11-17)12-14-6-4-5-7-15(14)19-2/h3-7,13H,1,8-12H2,2H3. The highest BCUT2D eigenvalue weighted by Gasteiger charge is 2.22. The van der Waals surface area contributed by atoms with Crippen LogP contribution in [-0.2, 0) is 11.2 Å². The molecule has 0 spiro atoms. The van der Waals surface area contributed by atoms with Crippen LogP contribution in [0.3, 0.4) is 0 Å². The lowest BCUT2D eigenvalue weighted by molar-refractivity contribution is -0.127. The maximum Gasteiger partial charge on any atom is 0.245 e. The van der Waals surface area contributed by atoms with Gasteiger partial charge in [-0.05, 0) is 42.9 Å². The number of hydrogen-bond acceptors (Lipinski definition) is 2. The molecule has 0 aliphatic carbocycles. The van der Waals surface area contributed by atoms with Crippen molar-refractivity contribution in [2.45, 2.75) is 19.3 Å². The predicted octanol–water partition coefficient (Wildman–Crippen LogP) is 2.66. The number of methoxy groups -OCH3 is 1. The van der Waals surface area contributed by atoms with Crippen LogP contribution >= 0.6 is 0 Å². The van der Waals surface area contributed by atoms with E-state index < -0.39 is 0 Å². The number of amides is 1. The van der Waals surface area contributed by atoms with Crippen molar-refractivity contribution >= 4 is 5.91 Å². The third kappa shape index (κ3) is 3.37. The van der Waals surface area contributed by atoms with E-state index in [-0.39, 0.29) is 5.91 Å². The highest BCUT2D eigenvalue weighted by atomic mass is 16.5. The molecule has 1 amide bonds. The zero-order valence-electron chi connectivity index (χ0n) is 11.5. The fourth-order valence-corrected chi connectivity index (χ4v) is 2.67. The molecule has 19 heavy (non-hydrogen) atoms. The van der Waals surface area contributed by atoms with Crippen molar-refractivity contribution in [3.8, 4) is 5.75 Å². The van der Waals surface area contributed by atoms with E-state index in [1.807, 2.05) is 23.1 Å². The molecule has 0 bridgehead atoms. The average molecular weight is 259 g/mol. The molecule has 0 saturated carbocycles. The number of piperidine rings is 1. The lowest BCUT2D eigenvalue weighted by atomic mass is 9.90. The molecule has 0 aromatic heterocycles. The Hall–Kier alpha value is -1.77. The number of benzene rings is 1. The van der Waals surface area contributed by atoms with Crippen molar-refractivity contribution in [1.29, 1.82) is 0 Å². The summed E-state index contributed by atoms with van der Waals surface area (Å²) in [5.41, 5.74) is 1.26. The number of hydrogen-bond donors (Lipinski definition) is 0. The quantitative estimate of drug-likeness (QED) is 0.778. The zero-order chi connectivity index (χ0) is 13.7. The Morgan fingerprint density at radius 1 is 1.42 bits per heavy atom. The highest BCUT2D eigenvalue weighted by Crippen LogP contribution is 2.26. The van der Waals surface area contributed by atoms with Gasteiger partial charge in [0.15, 0.2) is 0 Å². The van der Waals surface area contributed by atoms with Crippen LogP contribution in [0, 0.1) is 5.92 Å². The fraction of sp³-hybridized carbons (Fsp3) is 0.438. The molecule has 2 rings (SSSR count). The number of para-hydroxylation sites is 1. The largest absolute Gasteiger partial charge is 0.496 e. The fourth-order valence-electron chi connectivity index (χ4n) is 2.67. The summed E-state index contributed by atoms with van der Waals surface area (Å²) in [6.45, 7) is 5.21. The van der Waals surface area contributed by atoms with Crippen LogP contribution in [-0.4, -0.2) is 31.0 Å². The minimum atomic E-state index is 0.0516. The molecule has 102 valence electrons. The van der Waals surface area contributed by atoms with Gasteiger partial charge in [-0.1, -0.05) is 24.8 Å². The van der Waals surface area contributed by atoms with Gasteiger partial charge in [-0.25, -0.2) is 0 Å². The first-order chi connectivity index (χ1) is 9.24. The molecule has 3 nitrogen and oxygen atoms in total. The molecule has 1 aliphatic rings. The summed E-state index contributed by atoms with van der Waals surface area (Å²) in [5, 5.41) is 0. The second-order valence-electron chi connectivity index (χ2n) is 4.99. The van der Waals surface area contributed by atoms with Crippen molar-refractivity contribution in [3.63, 3.8) is 0 Å². The van der Waals surface area contributed by atoms with Crippen molar-refractivity contribution < 1.29 is 9.53 Å². The Kier molecular flexibility index (Phi) is 4.61. The average Bonchev–Trinajstić information content (AvgIpc) is 2.48. The molecule has 0 atom stereocenters. The monoisotopic (exact) mass is 259 g/mol. The highest BCUT2D eigenvalue weighted by molar-refractivity contribution is 5.87. The minimum Gasteiger partial charge on any atom is -0.496 e. The van der Waals surface area contributed by atoms with Gasteiger partial charge in [-0.3, -0.25) is 4.79 Å². The van der Waals surface area contributed by atoms with Gasteiger partial charge in [-0.2, -0.15) is 0 Å². The van der Waals surface area contributed by atoms with Gasteiger partial charge < -0.3 is 9.64 Å². The second-order valence-corrected chi connectivity index (χ2v) is 4.99. The third-order valence-corrected chi connectivity index (χ3v) is 3.80. The maximum atomic E-state index is 11.5. The van der Waals surface area contributed by atoms with Crippen molar-refractivity contribution in [3.05, 3.63) is 42.5 Å². The van der Waals surface area contributed by atoms with Gasteiger partial charge in [0.1, 0.15) is 5.75 Å². The Bertz CT molecular complexity index is 448. The van der Waals surface area contributed by atoms with Crippen LogP contribution in [0.2, 0.25) is 0 Å². The smallest absolute Gasteiger partial charge is 0.245 e. The molecule has 0 unspecified atom stereocenters. The summed E-state index contributed by atoms with van der Waals surface area (Å²) in [6.07, 6.45) is 4.54.